The van der Waals surface area contributed by atoms with Gasteiger partial charge in [0.1, 0.15) is 11.6 Å². The van der Waals surface area contributed by atoms with Gasteiger partial charge < -0.3 is 10.7 Å². The van der Waals surface area contributed by atoms with E-state index in [0.29, 0.717) is 17.9 Å². The van der Waals surface area contributed by atoms with E-state index in [1.807, 2.05) is 0 Å². The lowest BCUT2D eigenvalue weighted by Crippen LogP contribution is -2.47. The summed E-state index contributed by atoms with van der Waals surface area (Å²) in [6.45, 7) is 0. The lowest BCUT2D eigenvalue weighted by molar-refractivity contribution is -0.136. The van der Waals surface area contributed by atoms with E-state index in [1.165, 1.54) is 12.1 Å². The van der Waals surface area contributed by atoms with E-state index in [9.17, 15) is 17.6 Å². The molecule has 3 nitrogen and oxygen atoms in total. The number of nitrogens with zero attached hydrogens (tertiary/aromatic N) is 1. The Morgan fingerprint density at radius 2 is 1.78 bits per heavy atom. The zero-order valence-corrected chi connectivity index (χ0v) is 15.2. The molecule has 1 aliphatic rings. The molecule has 1 heterocycles. The number of alkyl halides is 3. The van der Waals surface area contributed by atoms with Crippen LogP contribution in [-0.2, 0) is 0 Å². The van der Waals surface area contributed by atoms with E-state index < -0.39 is 18.1 Å². The van der Waals surface area contributed by atoms with Crippen LogP contribution in [0.4, 0.5) is 17.6 Å². The molecule has 1 aromatic heterocycles. The molecule has 7 heteroatoms. The fraction of sp³-hybridized carbons (Fsp3) is 0.550. The number of halogens is 4. The molecular weight excluding hydrogens is 358 g/mol. The summed E-state index contributed by atoms with van der Waals surface area (Å²) in [6, 6.07) is 6.01. The number of nitrogens with one attached hydrogen (secondary N) is 1. The second kappa shape index (κ2) is 8.00. The Balaban J connectivity index is 1.82. The number of nitrogens with two attached hydrogens (primary N) is 1. The van der Waals surface area contributed by atoms with Gasteiger partial charge in [0.2, 0.25) is 0 Å². The number of hydrogen-bond acceptors (Lipinski definition) is 2. The molecule has 1 aliphatic carbocycles. The van der Waals surface area contributed by atoms with Crippen molar-refractivity contribution in [2.45, 2.75) is 69.0 Å². The number of benzene rings is 1. The van der Waals surface area contributed by atoms with Gasteiger partial charge in [-0.25, -0.2) is 9.37 Å². The van der Waals surface area contributed by atoms with Crippen LogP contribution in [0.2, 0.25) is 0 Å². The minimum Gasteiger partial charge on any atom is -0.342 e. The van der Waals surface area contributed by atoms with Crippen molar-refractivity contribution >= 4 is 0 Å². The minimum atomic E-state index is -4.17. The Hall–Kier alpha value is -1.89. The number of hydrogen-bond donors (Lipinski definition) is 2. The van der Waals surface area contributed by atoms with Crippen LogP contribution in [0.3, 0.4) is 0 Å². The topological polar surface area (TPSA) is 54.7 Å². The number of rotatable bonds is 6. The smallest absolute Gasteiger partial charge is 0.342 e. The summed E-state index contributed by atoms with van der Waals surface area (Å²) in [7, 11) is 0. The van der Waals surface area contributed by atoms with Crippen LogP contribution in [-0.4, -0.2) is 21.7 Å². The molecular formula is C20H25F4N3. The third kappa shape index (κ3) is 5.09. The first-order valence-electron chi connectivity index (χ1n) is 9.43. The summed E-state index contributed by atoms with van der Waals surface area (Å²) in [5.74, 6) is 0.0434. The van der Waals surface area contributed by atoms with Crippen LogP contribution in [0.25, 0.3) is 11.3 Å². The molecule has 27 heavy (non-hydrogen) atoms. The highest BCUT2D eigenvalue weighted by Gasteiger charge is 2.39. The van der Waals surface area contributed by atoms with Crippen LogP contribution >= 0.6 is 0 Å². The van der Waals surface area contributed by atoms with Crippen molar-refractivity contribution in [2.75, 3.05) is 0 Å². The molecule has 0 spiro atoms. The molecule has 1 saturated carbocycles. The number of imidazole rings is 1. The Bertz CT molecular complexity index is 730. The van der Waals surface area contributed by atoms with Gasteiger partial charge in [0.15, 0.2) is 0 Å². The first-order chi connectivity index (χ1) is 12.8. The number of H-pyrrole nitrogens is 1. The average molecular weight is 383 g/mol. The van der Waals surface area contributed by atoms with E-state index in [2.05, 4.69) is 9.97 Å². The van der Waals surface area contributed by atoms with E-state index in [4.69, 9.17) is 5.73 Å². The lowest BCUT2D eigenvalue weighted by atomic mass is 9.71. The molecule has 3 rings (SSSR count). The van der Waals surface area contributed by atoms with Crippen molar-refractivity contribution in [3.8, 4) is 11.3 Å². The molecule has 3 N–H and O–H groups in total. The summed E-state index contributed by atoms with van der Waals surface area (Å²) < 4.78 is 51.0. The van der Waals surface area contributed by atoms with Gasteiger partial charge in [0.05, 0.1) is 11.9 Å². The molecule has 1 unspecified atom stereocenters. The first kappa shape index (κ1) is 19.9. The molecule has 0 bridgehead atoms. The van der Waals surface area contributed by atoms with Gasteiger partial charge in [0, 0.05) is 17.9 Å². The molecule has 1 aromatic carbocycles. The first-order valence-corrected chi connectivity index (χ1v) is 9.43. The number of aromatic amines is 1. The zero-order chi connectivity index (χ0) is 19.5. The van der Waals surface area contributed by atoms with Gasteiger partial charge in [0.25, 0.3) is 0 Å². The van der Waals surface area contributed by atoms with Crippen molar-refractivity contribution in [3.63, 3.8) is 0 Å². The fourth-order valence-electron chi connectivity index (χ4n) is 4.05. The highest BCUT2D eigenvalue weighted by atomic mass is 19.4. The van der Waals surface area contributed by atoms with Gasteiger partial charge in [-0.2, -0.15) is 13.2 Å². The predicted octanol–water partition coefficient (Wildman–Crippen LogP) is 5.69. The molecule has 0 radical (unpaired) electrons. The van der Waals surface area contributed by atoms with Crippen LogP contribution in [0, 0.1) is 5.82 Å². The molecule has 2 aromatic rings. The summed E-state index contributed by atoms with van der Waals surface area (Å²) in [6.07, 6.45) is 1.68. The molecule has 148 valence electrons. The predicted molar refractivity (Wildman–Crippen MR) is 96.6 cm³/mol. The van der Waals surface area contributed by atoms with E-state index in [0.717, 1.165) is 37.7 Å². The maximum atomic E-state index is 13.1. The minimum absolute atomic E-state index is 0.0275. The molecule has 1 atom stereocenters. The van der Waals surface area contributed by atoms with Crippen molar-refractivity contribution in [2.24, 2.45) is 5.73 Å². The SMILES string of the molecule is NC1(C(CCCC(F)(F)F)c2ncc(-c3ccc(F)cc3)[nH]2)CCCCC1. The lowest BCUT2D eigenvalue weighted by Gasteiger charge is -2.40. The van der Waals surface area contributed by atoms with E-state index in [1.54, 1.807) is 18.3 Å². The highest BCUT2D eigenvalue weighted by molar-refractivity contribution is 5.58. The van der Waals surface area contributed by atoms with Gasteiger partial charge in [-0.1, -0.05) is 19.3 Å². The van der Waals surface area contributed by atoms with Gasteiger partial charge in [-0.05, 0) is 55.5 Å². The van der Waals surface area contributed by atoms with Crippen LogP contribution < -0.4 is 5.73 Å². The van der Waals surface area contributed by atoms with Gasteiger partial charge in [-0.3, -0.25) is 0 Å². The monoisotopic (exact) mass is 383 g/mol. The van der Waals surface area contributed by atoms with Crippen LogP contribution in [0.15, 0.2) is 30.5 Å². The van der Waals surface area contributed by atoms with Crippen molar-refractivity contribution in [1.82, 2.24) is 9.97 Å². The average Bonchev–Trinajstić information content (AvgIpc) is 3.08. The number of aromatic nitrogens is 2. The van der Waals surface area contributed by atoms with Crippen molar-refractivity contribution in [1.29, 1.82) is 0 Å². The molecule has 1 fully saturated rings. The zero-order valence-electron chi connectivity index (χ0n) is 15.2. The van der Waals surface area contributed by atoms with Crippen molar-refractivity contribution < 1.29 is 17.6 Å². The molecule has 0 aliphatic heterocycles. The maximum absolute atomic E-state index is 13.1. The van der Waals surface area contributed by atoms with Crippen LogP contribution in [0.5, 0.6) is 0 Å². The van der Waals surface area contributed by atoms with E-state index >= 15 is 0 Å². The second-order valence-corrected chi connectivity index (χ2v) is 7.54. The summed E-state index contributed by atoms with van der Waals surface area (Å²) in [5.41, 5.74) is 7.61. The third-order valence-electron chi connectivity index (χ3n) is 5.51. The Labute approximate surface area is 156 Å². The summed E-state index contributed by atoms with van der Waals surface area (Å²) in [5, 5.41) is 0. The fourth-order valence-corrected chi connectivity index (χ4v) is 4.05. The Morgan fingerprint density at radius 1 is 1.11 bits per heavy atom. The standard InChI is InChI=1S/C20H25F4N3/c21-15-8-6-14(7-9-15)17-13-26-18(27-17)16(5-4-12-20(22,23)24)19(25)10-2-1-3-11-19/h6-9,13,16H,1-5,10-12,25H2,(H,26,27). The van der Waals surface area contributed by atoms with E-state index in [-0.39, 0.29) is 18.2 Å². The molecule has 0 saturated heterocycles. The second-order valence-electron chi connectivity index (χ2n) is 7.54. The van der Waals surface area contributed by atoms with Crippen LogP contribution in [0.1, 0.15) is 63.1 Å². The Morgan fingerprint density at radius 3 is 2.41 bits per heavy atom. The largest absolute Gasteiger partial charge is 0.389 e. The Kier molecular flexibility index (Phi) is 5.89. The van der Waals surface area contributed by atoms with Gasteiger partial charge in [-0.15, -0.1) is 0 Å². The maximum Gasteiger partial charge on any atom is 0.389 e. The summed E-state index contributed by atoms with van der Waals surface area (Å²) in [4.78, 5) is 7.66. The normalized spacial score (nSPS) is 18.4. The quantitative estimate of drug-likeness (QED) is 0.629. The van der Waals surface area contributed by atoms with Crippen molar-refractivity contribution in [3.05, 3.63) is 42.1 Å². The van der Waals surface area contributed by atoms with Gasteiger partial charge >= 0.3 is 6.18 Å². The third-order valence-corrected chi connectivity index (χ3v) is 5.51. The molecule has 0 amide bonds. The highest BCUT2D eigenvalue weighted by Crippen LogP contribution is 2.41. The summed E-state index contributed by atoms with van der Waals surface area (Å²) >= 11 is 0.